The van der Waals surface area contributed by atoms with E-state index in [0.29, 0.717) is 28.9 Å². The number of nitrogen functional groups attached to an aromatic ring is 1. The molecule has 0 amide bonds. The lowest BCUT2D eigenvalue weighted by molar-refractivity contribution is 0.541. The summed E-state index contributed by atoms with van der Waals surface area (Å²) in [6.45, 7) is 5.59. The molecule has 6 heteroatoms. The molecule has 3 heterocycles. The molecule has 0 atom stereocenters. The summed E-state index contributed by atoms with van der Waals surface area (Å²) in [6.07, 6.45) is 0. The number of anilines is 1. The lowest BCUT2D eigenvalue weighted by Gasteiger charge is -2.05. The Labute approximate surface area is 103 Å². The van der Waals surface area contributed by atoms with Crippen molar-refractivity contribution >= 4 is 11.5 Å². The second-order valence-electron chi connectivity index (χ2n) is 4.25. The fraction of sp³-hybridized carbons (Fsp3) is 0.250. The van der Waals surface area contributed by atoms with Gasteiger partial charge < -0.3 is 10.2 Å². The van der Waals surface area contributed by atoms with Gasteiger partial charge >= 0.3 is 0 Å². The first-order valence-electron chi connectivity index (χ1n) is 5.62. The third-order valence-corrected chi connectivity index (χ3v) is 2.82. The van der Waals surface area contributed by atoms with Crippen molar-refractivity contribution in [3.8, 4) is 11.6 Å². The summed E-state index contributed by atoms with van der Waals surface area (Å²) in [5.74, 6) is 3.14. The number of aryl methyl sites for hydroxylation is 3. The van der Waals surface area contributed by atoms with E-state index in [0.717, 1.165) is 11.3 Å². The van der Waals surface area contributed by atoms with E-state index in [2.05, 4.69) is 15.1 Å². The Morgan fingerprint density at radius 2 is 1.94 bits per heavy atom. The first-order chi connectivity index (χ1) is 8.56. The van der Waals surface area contributed by atoms with Gasteiger partial charge in [0.1, 0.15) is 17.4 Å². The second-order valence-corrected chi connectivity index (χ2v) is 4.25. The number of hydrogen-bond acceptors (Lipinski definition) is 5. The Hall–Kier alpha value is -2.37. The van der Waals surface area contributed by atoms with Crippen molar-refractivity contribution < 1.29 is 4.42 Å². The zero-order valence-electron chi connectivity index (χ0n) is 10.4. The zero-order chi connectivity index (χ0) is 12.9. The van der Waals surface area contributed by atoms with E-state index in [4.69, 9.17) is 10.2 Å². The molecule has 0 aromatic carbocycles. The van der Waals surface area contributed by atoms with Gasteiger partial charge in [0.2, 0.25) is 5.82 Å². The number of nitrogens with two attached hydrogens (primary N) is 1. The van der Waals surface area contributed by atoms with Gasteiger partial charge in [-0.05, 0) is 32.9 Å². The van der Waals surface area contributed by atoms with E-state index >= 15 is 0 Å². The van der Waals surface area contributed by atoms with E-state index < -0.39 is 0 Å². The van der Waals surface area contributed by atoms with Crippen molar-refractivity contribution in [1.82, 2.24) is 19.6 Å². The molecule has 0 radical (unpaired) electrons. The van der Waals surface area contributed by atoms with Crippen molar-refractivity contribution in [1.29, 1.82) is 0 Å². The largest absolute Gasteiger partial charge is 0.458 e. The van der Waals surface area contributed by atoms with E-state index in [1.165, 1.54) is 0 Å². The van der Waals surface area contributed by atoms with Crippen LogP contribution >= 0.6 is 0 Å². The molecule has 0 bridgehead atoms. The molecule has 0 unspecified atom stereocenters. The molecule has 0 aliphatic heterocycles. The summed E-state index contributed by atoms with van der Waals surface area (Å²) in [7, 11) is 0. The molecule has 0 aliphatic rings. The first kappa shape index (κ1) is 10.8. The summed E-state index contributed by atoms with van der Waals surface area (Å²) < 4.78 is 7.24. The second kappa shape index (κ2) is 3.56. The van der Waals surface area contributed by atoms with Crippen LogP contribution in [0.3, 0.4) is 0 Å². The van der Waals surface area contributed by atoms with Gasteiger partial charge in [-0.2, -0.15) is 4.52 Å². The third-order valence-electron chi connectivity index (χ3n) is 2.82. The van der Waals surface area contributed by atoms with Gasteiger partial charge in [-0.3, -0.25) is 0 Å². The highest BCUT2D eigenvalue weighted by Gasteiger charge is 2.16. The van der Waals surface area contributed by atoms with Crippen LogP contribution in [0.5, 0.6) is 0 Å². The van der Waals surface area contributed by atoms with Gasteiger partial charge in [-0.15, -0.1) is 5.10 Å². The fourth-order valence-corrected chi connectivity index (χ4v) is 1.88. The summed E-state index contributed by atoms with van der Waals surface area (Å²) in [5, 5.41) is 4.33. The first-order valence-corrected chi connectivity index (χ1v) is 5.62. The Kier molecular flexibility index (Phi) is 2.13. The molecule has 3 rings (SSSR count). The van der Waals surface area contributed by atoms with Crippen LogP contribution in [-0.4, -0.2) is 19.6 Å². The quantitative estimate of drug-likeness (QED) is 0.705. The minimum atomic E-state index is 0.443. The third kappa shape index (κ3) is 1.46. The summed E-state index contributed by atoms with van der Waals surface area (Å²) in [4.78, 5) is 8.70. The normalized spacial score (nSPS) is 11.3. The smallest absolute Gasteiger partial charge is 0.200 e. The predicted molar refractivity (Wildman–Crippen MR) is 67.1 cm³/mol. The average Bonchev–Trinajstić information content (AvgIpc) is 2.90. The lowest BCUT2D eigenvalue weighted by atomic mass is 10.3. The molecule has 3 aromatic heterocycles. The van der Waals surface area contributed by atoms with Gasteiger partial charge in [0.05, 0.1) is 0 Å². The topological polar surface area (TPSA) is 82.2 Å². The molecule has 18 heavy (non-hydrogen) atoms. The van der Waals surface area contributed by atoms with Crippen molar-refractivity contribution in [2.45, 2.75) is 20.8 Å². The lowest BCUT2D eigenvalue weighted by Crippen LogP contribution is -2.04. The van der Waals surface area contributed by atoms with Gasteiger partial charge in [-0.1, -0.05) is 0 Å². The highest BCUT2D eigenvalue weighted by molar-refractivity contribution is 5.64. The monoisotopic (exact) mass is 243 g/mol. The zero-order valence-corrected chi connectivity index (χ0v) is 10.4. The van der Waals surface area contributed by atoms with Gasteiger partial charge in [-0.25, -0.2) is 9.97 Å². The van der Waals surface area contributed by atoms with Crippen LogP contribution in [0.15, 0.2) is 16.5 Å². The van der Waals surface area contributed by atoms with Crippen LogP contribution in [0, 0.1) is 20.8 Å². The SMILES string of the molecule is Cc1nc2c(C)c(N)nc(-c3ccc(C)o3)n2n1. The Bertz CT molecular complexity index is 740. The summed E-state index contributed by atoms with van der Waals surface area (Å²) in [5.41, 5.74) is 7.44. The van der Waals surface area contributed by atoms with Crippen LogP contribution in [0.4, 0.5) is 5.82 Å². The van der Waals surface area contributed by atoms with Crippen LogP contribution in [0.1, 0.15) is 17.1 Å². The molecular weight excluding hydrogens is 230 g/mol. The maximum Gasteiger partial charge on any atom is 0.200 e. The summed E-state index contributed by atoms with van der Waals surface area (Å²) in [6, 6.07) is 3.73. The molecule has 92 valence electrons. The molecule has 0 spiro atoms. The van der Waals surface area contributed by atoms with E-state index in [-0.39, 0.29) is 0 Å². The molecule has 0 saturated heterocycles. The minimum Gasteiger partial charge on any atom is -0.458 e. The summed E-state index contributed by atoms with van der Waals surface area (Å²) >= 11 is 0. The van der Waals surface area contributed by atoms with Gasteiger partial charge in [0, 0.05) is 5.56 Å². The highest BCUT2D eigenvalue weighted by Crippen LogP contribution is 2.24. The van der Waals surface area contributed by atoms with Crippen LogP contribution in [-0.2, 0) is 0 Å². The van der Waals surface area contributed by atoms with Crippen molar-refractivity contribution in [3.63, 3.8) is 0 Å². The van der Waals surface area contributed by atoms with E-state index in [9.17, 15) is 0 Å². The van der Waals surface area contributed by atoms with Crippen molar-refractivity contribution in [2.75, 3.05) is 5.73 Å². The molecule has 2 N–H and O–H groups in total. The Morgan fingerprint density at radius 1 is 1.17 bits per heavy atom. The van der Waals surface area contributed by atoms with Gasteiger partial charge in [0.15, 0.2) is 11.4 Å². The maximum absolute atomic E-state index is 5.91. The molecule has 0 saturated carbocycles. The van der Waals surface area contributed by atoms with Crippen LogP contribution in [0.2, 0.25) is 0 Å². The van der Waals surface area contributed by atoms with Crippen LogP contribution < -0.4 is 5.73 Å². The van der Waals surface area contributed by atoms with E-state index in [1.54, 1.807) is 4.52 Å². The predicted octanol–water partition coefficient (Wildman–Crippen LogP) is 1.89. The number of rotatable bonds is 1. The molecular formula is C12H13N5O. The Balaban J connectivity index is 2.38. The Morgan fingerprint density at radius 3 is 2.61 bits per heavy atom. The molecule has 0 aliphatic carbocycles. The number of furan rings is 1. The molecule has 0 fully saturated rings. The minimum absolute atomic E-state index is 0.443. The molecule has 6 nitrogen and oxygen atoms in total. The van der Waals surface area contributed by atoms with Crippen LogP contribution in [0.25, 0.3) is 17.2 Å². The highest BCUT2D eigenvalue weighted by atomic mass is 16.3. The fourth-order valence-electron chi connectivity index (χ4n) is 1.88. The average molecular weight is 243 g/mol. The number of fused-ring (bicyclic) bond motifs is 1. The van der Waals surface area contributed by atoms with E-state index in [1.807, 2.05) is 32.9 Å². The standard InChI is InChI=1S/C12H13N5O/c1-6-4-5-9(18-6)12-15-10(13)7(2)11-14-8(3)16-17(11)12/h4-5H,13H2,1-3H3. The molecule has 3 aromatic rings. The van der Waals surface area contributed by atoms with Crippen molar-refractivity contribution in [2.24, 2.45) is 0 Å². The maximum atomic E-state index is 5.91. The number of aromatic nitrogens is 4. The number of nitrogens with zero attached hydrogens (tertiary/aromatic N) is 4. The number of hydrogen-bond donors (Lipinski definition) is 1. The van der Waals surface area contributed by atoms with Crippen molar-refractivity contribution in [3.05, 3.63) is 29.3 Å². The van der Waals surface area contributed by atoms with Gasteiger partial charge in [0.25, 0.3) is 0 Å².